The molecule has 0 aromatic heterocycles. The Morgan fingerprint density at radius 2 is 2.29 bits per heavy atom. The van der Waals surface area contributed by atoms with E-state index in [2.05, 4.69) is 27.9 Å². The summed E-state index contributed by atoms with van der Waals surface area (Å²) in [7, 11) is 1.71. The van der Waals surface area contributed by atoms with Gasteiger partial charge in [0.1, 0.15) is 0 Å². The van der Waals surface area contributed by atoms with Crippen molar-refractivity contribution in [2.75, 3.05) is 24.7 Å². The number of hydrogen-bond donors (Lipinski definition) is 2. The molecule has 0 saturated heterocycles. The van der Waals surface area contributed by atoms with Gasteiger partial charge in [0, 0.05) is 28.6 Å². The van der Waals surface area contributed by atoms with Crippen LogP contribution in [0.25, 0.3) is 0 Å². The first kappa shape index (κ1) is 11.6. The molecule has 0 aliphatic rings. The van der Waals surface area contributed by atoms with Crippen LogP contribution in [0.5, 0.6) is 0 Å². The average Bonchev–Trinajstić information content (AvgIpc) is 2.16. The van der Waals surface area contributed by atoms with Gasteiger partial charge in [0.25, 0.3) is 0 Å². The Balaban J connectivity index is 2.59. The largest absolute Gasteiger partial charge is 0.399 e. The molecular weight excluding hydrogens is 291 g/mol. The van der Waals surface area contributed by atoms with Crippen LogP contribution in [0, 0.1) is 3.57 Å². The van der Waals surface area contributed by atoms with Gasteiger partial charge in [0.15, 0.2) is 0 Å². The number of methoxy groups -OCH3 is 1. The molecule has 0 fully saturated rings. The lowest BCUT2D eigenvalue weighted by atomic mass is 10.3. The lowest BCUT2D eigenvalue weighted by molar-refractivity contribution is 0.129. The first-order valence-electron chi connectivity index (χ1n) is 4.45. The van der Waals surface area contributed by atoms with Gasteiger partial charge in [0.05, 0.1) is 6.10 Å². The molecule has 0 saturated carbocycles. The second-order valence-electron chi connectivity index (χ2n) is 3.17. The van der Waals surface area contributed by atoms with E-state index < -0.39 is 0 Å². The van der Waals surface area contributed by atoms with Gasteiger partial charge in [-0.3, -0.25) is 0 Å². The molecule has 0 aliphatic heterocycles. The van der Waals surface area contributed by atoms with Gasteiger partial charge >= 0.3 is 0 Å². The SMILES string of the molecule is COC(C)CNc1ccc(N)cc1I. The maximum absolute atomic E-state index is 5.65. The highest BCUT2D eigenvalue weighted by Gasteiger charge is 2.02. The predicted molar refractivity (Wildman–Crippen MR) is 68.5 cm³/mol. The predicted octanol–water partition coefficient (Wildman–Crippen LogP) is 2.32. The molecule has 1 aromatic rings. The molecule has 4 heteroatoms. The summed E-state index contributed by atoms with van der Waals surface area (Å²) in [6.07, 6.45) is 0.211. The van der Waals surface area contributed by atoms with Crippen molar-refractivity contribution in [3.05, 3.63) is 21.8 Å². The molecule has 0 spiro atoms. The Labute approximate surface area is 98.2 Å². The third-order valence-electron chi connectivity index (χ3n) is 1.98. The van der Waals surface area contributed by atoms with Crippen LogP contribution in [0.15, 0.2) is 18.2 Å². The fourth-order valence-corrected chi connectivity index (χ4v) is 1.74. The van der Waals surface area contributed by atoms with E-state index in [1.165, 1.54) is 0 Å². The van der Waals surface area contributed by atoms with E-state index in [4.69, 9.17) is 10.5 Å². The van der Waals surface area contributed by atoms with E-state index in [1.54, 1.807) is 7.11 Å². The number of nitrogen functional groups attached to an aromatic ring is 1. The third kappa shape index (κ3) is 3.34. The van der Waals surface area contributed by atoms with Crippen molar-refractivity contribution in [1.82, 2.24) is 0 Å². The molecule has 1 aromatic carbocycles. The van der Waals surface area contributed by atoms with Gasteiger partial charge < -0.3 is 15.8 Å². The van der Waals surface area contributed by atoms with Crippen LogP contribution < -0.4 is 11.1 Å². The lowest BCUT2D eigenvalue weighted by Gasteiger charge is -2.13. The maximum Gasteiger partial charge on any atom is 0.0715 e. The summed E-state index contributed by atoms with van der Waals surface area (Å²) in [5, 5.41) is 3.30. The molecular formula is C10H15IN2O. The monoisotopic (exact) mass is 306 g/mol. The van der Waals surface area contributed by atoms with Crippen molar-refractivity contribution in [1.29, 1.82) is 0 Å². The molecule has 0 bridgehead atoms. The van der Waals surface area contributed by atoms with Crippen molar-refractivity contribution in [3.8, 4) is 0 Å². The third-order valence-corrected chi connectivity index (χ3v) is 2.87. The minimum atomic E-state index is 0.211. The second kappa shape index (κ2) is 5.41. The van der Waals surface area contributed by atoms with Crippen LogP contribution in [0.2, 0.25) is 0 Å². The summed E-state index contributed by atoms with van der Waals surface area (Å²) >= 11 is 2.26. The fraction of sp³-hybridized carbons (Fsp3) is 0.400. The lowest BCUT2D eigenvalue weighted by Crippen LogP contribution is -2.18. The standard InChI is InChI=1S/C10H15IN2O/c1-7(14-2)6-13-10-4-3-8(12)5-9(10)11/h3-5,7,13H,6,12H2,1-2H3. The Kier molecular flexibility index (Phi) is 4.47. The summed E-state index contributed by atoms with van der Waals surface area (Å²) in [6, 6.07) is 5.82. The Hall–Kier alpha value is -0.490. The van der Waals surface area contributed by atoms with Crippen LogP contribution in [-0.2, 0) is 4.74 Å². The molecule has 0 aliphatic carbocycles. The van der Waals surface area contributed by atoms with Crippen LogP contribution in [0.1, 0.15) is 6.92 Å². The van der Waals surface area contributed by atoms with E-state index in [0.717, 1.165) is 21.5 Å². The minimum Gasteiger partial charge on any atom is -0.399 e. The highest BCUT2D eigenvalue weighted by Crippen LogP contribution is 2.20. The number of nitrogens with one attached hydrogen (secondary N) is 1. The number of benzene rings is 1. The first-order valence-corrected chi connectivity index (χ1v) is 5.53. The fourth-order valence-electron chi connectivity index (χ4n) is 1.01. The van der Waals surface area contributed by atoms with E-state index in [-0.39, 0.29) is 6.10 Å². The molecule has 0 heterocycles. The van der Waals surface area contributed by atoms with Gasteiger partial charge in [-0.2, -0.15) is 0 Å². The summed E-state index contributed by atoms with van der Waals surface area (Å²) in [4.78, 5) is 0. The average molecular weight is 306 g/mol. The van der Waals surface area contributed by atoms with E-state index >= 15 is 0 Å². The Morgan fingerprint density at radius 1 is 1.57 bits per heavy atom. The van der Waals surface area contributed by atoms with E-state index in [0.29, 0.717) is 0 Å². The second-order valence-corrected chi connectivity index (χ2v) is 4.33. The van der Waals surface area contributed by atoms with E-state index in [9.17, 15) is 0 Å². The number of ether oxygens (including phenoxy) is 1. The van der Waals surface area contributed by atoms with Crippen LogP contribution in [0.4, 0.5) is 11.4 Å². The summed E-state index contributed by atoms with van der Waals surface area (Å²) in [5.41, 5.74) is 7.54. The zero-order chi connectivity index (χ0) is 10.6. The number of nitrogens with two attached hydrogens (primary N) is 1. The number of hydrogen-bond acceptors (Lipinski definition) is 3. The minimum absolute atomic E-state index is 0.211. The van der Waals surface area contributed by atoms with Gasteiger partial charge in [-0.05, 0) is 47.7 Å². The summed E-state index contributed by atoms with van der Waals surface area (Å²) < 4.78 is 6.28. The number of halogens is 1. The van der Waals surface area contributed by atoms with E-state index in [1.807, 2.05) is 25.1 Å². The Bertz CT molecular complexity index is 304. The molecule has 78 valence electrons. The molecule has 3 nitrogen and oxygen atoms in total. The topological polar surface area (TPSA) is 47.3 Å². The van der Waals surface area contributed by atoms with Crippen molar-refractivity contribution in [2.24, 2.45) is 0 Å². The summed E-state index contributed by atoms with van der Waals surface area (Å²) in [5.74, 6) is 0. The van der Waals surface area contributed by atoms with Crippen LogP contribution >= 0.6 is 22.6 Å². The number of anilines is 2. The Morgan fingerprint density at radius 3 is 2.86 bits per heavy atom. The van der Waals surface area contributed by atoms with Crippen LogP contribution in [0.3, 0.4) is 0 Å². The molecule has 0 radical (unpaired) electrons. The van der Waals surface area contributed by atoms with Crippen molar-refractivity contribution >= 4 is 34.0 Å². The molecule has 14 heavy (non-hydrogen) atoms. The maximum atomic E-state index is 5.65. The molecule has 3 N–H and O–H groups in total. The van der Waals surface area contributed by atoms with Crippen molar-refractivity contribution in [3.63, 3.8) is 0 Å². The molecule has 1 atom stereocenters. The van der Waals surface area contributed by atoms with Gasteiger partial charge in [0.2, 0.25) is 0 Å². The highest BCUT2D eigenvalue weighted by atomic mass is 127. The normalized spacial score (nSPS) is 12.5. The smallest absolute Gasteiger partial charge is 0.0715 e. The van der Waals surface area contributed by atoms with Gasteiger partial charge in [-0.1, -0.05) is 0 Å². The van der Waals surface area contributed by atoms with Crippen molar-refractivity contribution < 1.29 is 4.74 Å². The molecule has 1 unspecified atom stereocenters. The zero-order valence-corrected chi connectivity index (χ0v) is 10.5. The summed E-state index contributed by atoms with van der Waals surface area (Å²) in [6.45, 7) is 2.83. The van der Waals surface area contributed by atoms with Gasteiger partial charge in [-0.15, -0.1) is 0 Å². The van der Waals surface area contributed by atoms with Gasteiger partial charge in [-0.25, -0.2) is 0 Å². The number of rotatable bonds is 4. The highest BCUT2D eigenvalue weighted by molar-refractivity contribution is 14.1. The zero-order valence-electron chi connectivity index (χ0n) is 8.38. The first-order chi connectivity index (χ1) is 6.63. The molecule has 1 rings (SSSR count). The quantitative estimate of drug-likeness (QED) is 0.663. The molecule has 0 amide bonds. The van der Waals surface area contributed by atoms with Crippen LogP contribution in [-0.4, -0.2) is 19.8 Å². The van der Waals surface area contributed by atoms with Crippen molar-refractivity contribution in [2.45, 2.75) is 13.0 Å².